The largest absolute Gasteiger partial charge is 0.504 e. The number of phenols is 1. The molecule has 1 aromatic rings. The number of amides is 1. The average Bonchev–Trinajstić information content (AvgIpc) is 2.42. The molecule has 0 radical (unpaired) electrons. The minimum absolute atomic E-state index is 0.00119. The zero-order chi connectivity index (χ0) is 15.0. The lowest BCUT2D eigenvalue weighted by atomic mass is 10.2. The number of hydrogen-bond donors (Lipinski definition) is 4. The molecule has 1 rings (SSSR count). The predicted octanol–water partition coefficient (Wildman–Crippen LogP) is 0.184. The van der Waals surface area contributed by atoms with Crippen molar-refractivity contribution in [3.05, 3.63) is 23.8 Å². The van der Waals surface area contributed by atoms with Crippen molar-refractivity contribution >= 4 is 11.9 Å². The van der Waals surface area contributed by atoms with Gasteiger partial charge in [-0.05, 0) is 31.0 Å². The SMILES string of the molecule is COc1cc(C(=O)NCCCCN=C(N)N)ccc1O. The summed E-state index contributed by atoms with van der Waals surface area (Å²) in [5.74, 6) is 0.127. The zero-order valence-electron chi connectivity index (χ0n) is 11.4. The molecule has 0 aliphatic rings. The van der Waals surface area contributed by atoms with Crippen molar-refractivity contribution in [2.24, 2.45) is 16.5 Å². The van der Waals surface area contributed by atoms with Crippen LogP contribution in [0.25, 0.3) is 0 Å². The summed E-state index contributed by atoms with van der Waals surface area (Å²) in [6.07, 6.45) is 1.56. The van der Waals surface area contributed by atoms with Gasteiger partial charge in [-0.3, -0.25) is 9.79 Å². The van der Waals surface area contributed by atoms with E-state index < -0.39 is 0 Å². The Morgan fingerprint density at radius 3 is 2.80 bits per heavy atom. The molecule has 6 N–H and O–H groups in total. The minimum Gasteiger partial charge on any atom is -0.504 e. The summed E-state index contributed by atoms with van der Waals surface area (Å²) in [6.45, 7) is 1.08. The van der Waals surface area contributed by atoms with Gasteiger partial charge in [0, 0.05) is 18.7 Å². The predicted molar refractivity (Wildman–Crippen MR) is 76.9 cm³/mol. The summed E-state index contributed by atoms with van der Waals surface area (Å²) in [4.78, 5) is 15.7. The molecule has 0 aliphatic heterocycles. The van der Waals surface area contributed by atoms with E-state index in [2.05, 4.69) is 10.3 Å². The molecule has 1 aromatic carbocycles. The van der Waals surface area contributed by atoms with E-state index in [1.165, 1.54) is 25.3 Å². The first-order valence-corrected chi connectivity index (χ1v) is 6.25. The number of aliphatic imine (C=N–C) groups is 1. The normalized spacial score (nSPS) is 9.85. The second kappa shape index (κ2) is 7.88. The molecule has 0 bridgehead atoms. The molecule has 0 aromatic heterocycles. The first kappa shape index (κ1) is 15.6. The second-order valence-electron chi connectivity index (χ2n) is 4.16. The number of carbonyl (C=O) groups is 1. The second-order valence-corrected chi connectivity index (χ2v) is 4.16. The molecule has 1 amide bonds. The molecule has 0 saturated carbocycles. The summed E-state index contributed by atoms with van der Waals surface area (Å²) >= 11 is 0. The van der Waals surface area contributed by atoms with Gasteiger partial charge in [-0.2, -0.15) is 0 Å². The smallest absolute Gasteiger partial charge is 0.251 e. The molecule has 0 fully saturated rings. The van der Waals surface area contributed by atoms with E-state index in [0.717, 1.165) is 12.8 Å². The highest BCUT2D eigenvalue weighted by molar-refractivity contribution is 5.94. The number of guanidine groups is 1. The fraction of sp³-hybridized carbons (Fsp3) is 0.385. The third-order valence-electron chi connectivity index (χ3n) is 2.61. The van der Waals surface area contributed by atoms with Gasteiger partial charge in [0.15, 0.2) is 17.5 Å². The number of unbranched alkanes of at least 4 members (excludes halogenated alkanes) is 1. The van der Waals surface area contributed by atoms with Crippen LogP contribution < -0.4 is 21.5 Å². The maximum Gasteiger partial charge on any atom is 0.251 e. The number of benzene rings is 1. The first-order valence-electron chi connectivity index (χ1n) is 6.25. The lowest BCUT2D eigenvalue weighted by Crippen LogP contribution is -2.25. The zero-order valence-corrected chi connectivity index (χ0v) is 11.4. The van der Waals surface area contributed by atoms with Crippen molar-refractivity contribution in [1.82, 2.24) is 5.32 Å². The molecule has 0 aliphatic carbocycles. The molecule has 7 heteroatoms. The van der Waals surface area contributed by atoms with Gasteiger partial charge in [-0.15, -0.1) is 0 Å². The Hall–Kier alpha value is -2.44. The maximum absolute atomic E-state index is 11.8. The van der Waals surface area contributed by atoms with Gasteiger partial charge in [-0.1, -0.05) is 0 Å². The van der Waals surface area contributed by atoms with Crippen molar-refractivity contribution < 1.29 is 14.6 Å². The lowest BCUT2D eigenvalue weighted by Gasteiger charge is -2.07. The van der Waals surface area contributed by atoms with Gasteiger partial charge >= 0.3 is 0 Å². The van der Waals surface area contributed by atoms with E-state index in [1.807, 2.05) is 0 Å². The van der Waals surface area contributed by atoms with Gasteiger partial charge < -0.3 is 26.6 Å². The van der Waals surface area contributed by atoms with Crippen LogP contribution in [0.4, 0.5) is 0 Å². The van der Waals surface area contributed by atoms with Crippen molar-refractivity contribution in [2.75, 3.05) is 20.2 Å². The molecule has 0 heterocycles. The first-order chi connectivity index (χ1) is 9.54. The van der Waals surface area contributed by atoms with Crippen LogP contribution in [-0.2, 0) is 0 Å². The van der Waals surface area contributed by atoms with Crippen molar-refractivity contribution in [1.29, 1.82) is 0 Å². The van der Waals surface area contributed by atoms with Crippen LogP contribution in [0.3, 0.4) is 0 Å². The summed E-state index contributed by atoms with van der Waals surface area (Å²) in [5.41, 5.74) is 10.8. The molecule has 20 heavy (non-hydrogen) atoms. The number of nitrogens with zero attached hydrogens (tertiary/aromatic N) is 1. The fourth-order valence-electron chi connectivity index (χ4n) is 1.57. The number of phenolic OH excluding ortho intramolecular Hbond substituents is 1. The Bertz CT molecular complexity index is 485. The van der Waals surface area contributed by atoms with Crippen molar-refractivity contribution in [2.45, 2.75) is 12.8 Å². The van der Waals surface area contributed by atoms with Gasteiger partial charge in [0.05, 0.1) is 7.11 Å². The fourth-order valence-corrected chi connectivity index (χ4v) is 1.57. The van der Waals surface area contributed by atoms with Gasteiger partial charge in [0.2, 0.25) is 0 Å². The van der Waals surface area contributed by atoms with Crippen LogP contribution in [0, 0.1) is 0 Å². The molecular weight excluding hydrogens is 260 g/mol. The standard InChI is InChI=1S/C13H20N4O3/c1-20-11-8-9(4-5-10(11)18)12(19)16-6-2-3-7-17-13(14)15/h4-5,8,18H,2-3,6-7H2,1H3,(H,16,19)(H4,14,15,17). The number of hydrogen-bond acceptors (Lipinski definition) is 4. The third-order valence-corrected chi connectivity index (χ3v) is 2.61. The molecule has 0 spiro atoms. The van der Waals surface area contributed by atoms with Gasteiger partial charge in [0.1, 0.15) is 0 Å². The van der Waals surface area contributed by atoms with E-state index in [9.17, 15) is 9.90 Å². The number of nitrogens with two attached hydrogens (primary N) is 2. The van der Waals surface area contributed by atoms with Crippen LogP contribution in [-0.4, -0.2) is 37.2 Å². The highest BCUT2D eigenvalue weighted by Gasteiger charge is 2.08. The number of methoxy groups -OCH3 is 1. The van der Waals surface area contributed by atoms with Crippen molar-refractivity contribution in [3.63, 3.8) is 0 Å². The van der Waals surface area contributed by atoms with Crippen LogP contribution >= 0.6 is 0 Å². The van der Waals surface area contributed by atoms with Crippen LogP contribution in [0.5, 0.6) is 11.5 Å². The number of ether oxygens (including phenoxy) is 1. The third kappa shape index (κ3) is 5.05. The molecule has 0 saturated heterocycles. The number of rotatable bonds is 7. The van der Waals surface area contributed by atoms with E-state index >= 15 is 0 Å². The van der Waals surface area contributed by atoms with Gasteiger partial charge in [-0.25, -0.2) is 0 Å². The number of aromatic hydroxyl groups is 1. The highest BCUT2D eigenvalue weighted by Crippen LogP contribution is 2.26. The maximum atomic E-state index is 11.8. The van der Waals surface area contributed by atoms with E-state index in [-0.39, 0.29) is 23.4 Å². The Morgan fingerprint density at radius 1 is 1.40 bits per heavy atom. The summed E-state index contributed by atoms with van der Waals surface area (Å²) in [5, 5.41) is 12.2. The highest BCUT2D eigenvalue weighted by atomic mass is 16.5. The van der Waals surface area contributed by atoms with Crippen molar-refractivity contribution in [3.8, 4) is 11.5 Å². The molecule has 0 atom stereocenters. The monoisotopic (exact) mass is 280 g/mol. The quantitative estimate of drug-likeness (QED) is 0.322. The summed E-state index contributed by atoms with van der Waals surface area (Å²) in [7, 11) is 1.43. The minimum atomic E-state index is -0.217. The summed E-state index contributed by atoms with van der Waals surface area (Å²) in [6, 6.07) is 4.45. The van der Waals surface area contributed by atoms with Crippen LogP contribution in [0.2, 0.25) is 0 Å². The molecular formula is C13H20N4O3. The number of nitrogens with one attached hydrogen (secondary N) is 1. The Morgan fingerprint density at radius 2 is 2.15 bits per heavy atom. The summed E-state index contributed by atoms with van der Waals surface area (Å²) < 4.78 is 4.95. The number of carbonyl (C=O) groups excluding carboxylic acids is 1. The topological polar surface area (TPSA) is 123 Å². The van der Waals surface area contributed by atoms with E-state index in [4.69, 9.17) is 16.2 Å². The Labute approximate surface area is 117 Å². The van der Waals surface area contributed by atoms with Crippen LogP contribution in [0.15, 0.2) is 23.2 Å². The molecule has 0 unspecified atom stereocenters. The molecule has 7 nitrogen and oxygen atoms in total. The Kier molecular flexibility index (Phi) is 6.15. The molecule has 110 valence electrons. The average molecular weight is 280 g/mol. The Balaban J connectivity index is 2.38. The van der Waals surface area contributed by atoms with Crippen LogP contribution in [0.1, 0.15) is 23.2 Å². The van der Waals surface area contributed by atoms with E-state index in [0.29, 0.717) is 18.7 Å². The lowest BCUT2D eigenvalue weighted by molar-refractivity contribution is 0.0952. The van der Waals surface area contributed by atoms with Gasteiger partial charge in [0.25, 0.3) is 5.91 Å². The van der Waals surface area contributed by atoms with E-state index in [1.54, 1.807) is 0 Å².